The number of hydrogen-bond acceptors (Lipinski definition) is 6. The van der Waals surface area contributed by atoms with Crippen molar-refractivity contribution in [2.75, 3.05) is 32.8 Å². The first-order chi connectivity index (χ1) is 17.0. The van der Waals surface area contributed by atoms with Gasteiger partial charge in [0.25, 0.3) is 12.4 Å². The van der Waals surface area contributed by atoms with Crippen molar-refractivity contribution in [1.82, 2.24) is 4.58 Å². The van der Waals surface area contributed by atoms with Gasteiger partial charge in [0.15, 0.2) is 0 Å². The summed E-state index contributed by atoms with van der Waals surface area (Å²) in [7, 11) is 5.25. The van der Waals surface area contributed by atoms with Crippen LogP contribution in [0.1, 0.15) is 0 Å². The summed E-state index contributed by atoms with van der Waals surface area (Å²) in [5.41, 5.74) is 3.59. The fraction of sp³-hybridized carbons (Fsp3) is 0.200. The number of rotatable bonds is 5. The van der Waals surface area contributed by atoms with Crippen LogP contribution in [0.3, 0.4) is 0 Å². The van der Waals surface area contributed by atoms with Crippen molar-refractivity contribution in [2.45, 2.75) is 6.18 Å². The Morgan fingerprint density at radius 1 is 1.06 bits per heavy atom. The predicted octanol–water partition coefficient (Wildman–Crippen LogP) is 4.64. The van der Waals surface area contributed by atoms with Crippen molar-refractivity contribution in [1.29, 1.82) is 0 Å². The van der Waals surface area contributed by atoms with E-state index in [2.05, 4.69) is 4.74 Å². The number of nitro groups is 1. The summed E-state index contributed by atoms with van der Waals surface area (Å²) < 4.78 is 49.3. The number of nitro benzene ring substituents is 1. The maximum absolute atomic E-state index is 12.5. The summed E-state index contributed by atoms with van der Waals surface area (Å²) >= 11 is 0. The highest BCUT2D eigenvalue weighted by Crippen LogP contribution is 2.41. The molecule has 2 aromatic carbocycles. The topological polar surface area (TPSA) is 88.8 Å². The largest absolute Gasteiger partial charge is 0.491 e. The highest BCUT2D eigenvalue weighted by atomic mass is 19.4. The molecule has 0 unspecified atom stereocenters. The van der Waals surface area contributed by atoms with Crippen LogP contribution in [-0.2, 0) is 9.53 Å². The molecule has 0 fully saturated rings. The molecule has 1 aliphatic heterocycles. The van der Waals surface area contributed by atoms with Gasteiger partial charge < -0.3 is 14.1 Å². The van der Waals surface area contributed by atoms with E-state index in [9.17, 15) is 28.1 Å². The van der Waals surface area contributed by atoms with Crippen molar-refractivity contribution in [3.8, 4) is 22.5 Å². The van der Waals surface area contributed by atoms with E-state index in [0.29, 0.717) is 22.3 Å². The first kappa shape index (κ1) is 24.7. The van der Waals surface area contributed by atoms with Crippen LogP contribution in [0.4, 0.5) is 24.5 Å². The van der Waals surface area contributed by atoms with Gasteiger partial charge in [-0.25, -0.2) is 4.79 Å². The van der Waals surface area contributed by atoms with Crippen LogP contribution in [0.25, 0.3) is 33.4 Å². The van der Waals surface area contributed by atoms with Gasteiger partial charge in [-0.2, -0.15) is 17.7 Å². The van der Waals surface area contributed by atoms with Crippen LogP contribution in [-0.4, -0.2) is 44.9 Å². The summed E-state index contributed by atoms with van der Waals surface area (Å²) in [6.45, 7) is -0.614. The van der Waals surface area contributed by atoms with Crippen LogP contribution in [0.2, 0.25) is 0 Å². The molecular weight excluding hydrogens is 479 g/mol. The van der Waals surface area contributed by atoms with Crippen LogP contribution >= 0.6 is 0 Å². The summed E-state index contributed by atoms with van der Waals surface area (Å²) in [6.07, 6.45) is -5.08. The number of fused-ring (bicyclic) bond motifs is 2. The maximum atomic E-state index is 12.5. The quantitative estimate of drug-likeness (QED) is 0.0991. The van der Waals surface area contributed by atoms with Gasteiger partial charge in [-0.3, -0.25) is 10.1 Å². The second-order valence-electron chi connectivity index (χ2n) is 8.29. The second kappa shape index (κ2) is 9.33. The van der Waals surface area contributed by atoms with Crippen molar-refractivity contribution >= 4 is 28.3 Å². The molecule has 0 aromatic heterocycles. The molecule has 0 N–H and O–H groups in total. The number of anilines is 1. The normalized spacial score (nSPS) is 12.5. The Morgan fingerprint density at radius 3 is 2.36 bits per heavy atom. The smallest absolute Gasteiger partial charge is 0.456 e. The molecule has 0 atom stereocenters. The zero-order valence-corrected chi connectivity index (χ0v) is 19.5. The Morgan fingerprint density at radius 2 is 1.75 bits per heavy atom. The zero-order valence-electron chi connectivity index (χ0n) is 19.5. The van der Waals surface area contributed by atoms with Gasteiger partial charge >= 0.3 is 12.1 Å². The number of hydrogen-bond donors (Lipinski definition) is 0. The molecule has 0 spiro atoms. The van der Waals surface area contributed by atoms with Crippen molar-refractivity contribution in [3.05, 3.63) is 76.1 Å². The third-order valence-corrected chi connectivity index (χ3v) is 5.63. The van der Waals surface area contributed by atoms with E-state index < -0.39 is 23.8 Å². The molecule has 0 bridgehead atoms. The van der Waals surface area contributed by atoms with Gasteiger partial charge in [-0.1, -0.05) is 0 Å². The van der Waals surface area contributed by atoms with E-state index in [0.717, 1.165) is 22.2 Å². The van der Waals surface area contributed by atoms with E-state index in [4.69, 9.17) is 4.42 Å². The number of non-ortho nitro benzene ring substituents is 1. The van der Waals surface area contributed by atoms with E-state index >= 15 is 0 Å². The third kappa shape index (κ3) is 4.85. The van der Waals surface area contributed by atoms with Gasteiger partial charge in [0.1, 0.15) is 18.4 Å². The number of esters is 1. The fourth-order valence-electron chi connectivity index (χ4n) is 3.76. The monoisotopic (exact) mass is 500 g/mol. The minimum atomic E-state index is -5.08. The first-order valence-corrected chi connectivity index (χ1v) is 10.7. The van der Waals surface area contributed by atoms with E-state index in [1.54, 1.807) is 30.3 Å². The number of ether oxygens (including phenoxy) is 1. The number of benzene rings is 3. The molecule has 2 aromatic rings. The third-order valence-electron chi connectivity index (χ3n) is 5.63. The SMILES string of the molecule is CN(C)c1ccc2c(-c3ccc([N+](=O)[O-])cc3)c3ccc(=[N+](C)COC(=O)C(F)(F)F)cc-3oc2c1. The molecular formula is C25H21F3N3O5+. The van der Waals surface area contributed by atoms with E-state index in [1.165, 1.54) is 23.8 Å². The lowest BCUT2D eigenvalue weighted by Gasteiger charge is -2.17. The number of carbonyl (C=O) groups is 1. The minimum absolute atomic E-state index is 0.0415. The van der Waals surface area contributed by atoms with Gasteiger partial charge in [-0.15, -0.1) is 0 Å². The molecule has 36 heavy (non-hydrogen) atoms. The van der Waals surface area contributed by atoms with Gasteiger partial charge in [0.2, 0.25) is 5.36 Å². The zero-order chi connectivity index (χ0) is 26.2. The Kier molecular flexibility index (Phi) is 6.40. The van der Waals surface area contributed by atoms with Crippen LogP contribution in [0.5, 0.6) is 0 Å². The minimum Gasteiger partial charge on any atom is -0.456 e. The number of carbonyl (C=O) groups excluding carboxylic acids is 1. The van der Waals surface area contributed by atoms with Crippen LogP contribution in [0.15, 0.2) is 65.1 Å². The van der Waals surface area contributed by atoms with Crippen LogP contribution in [0, 0.1) is 10.1 Å². The number of alkyl halides is 3. The maximum Gasteiger partial charge on any atom is 0.491 e. The van der Waals surface area contributed by atoms with Crippen molar-refractivity contribution < 1.29 is 32.0 Å². The summed E-state index contributed by atoms with van der Waals surface area (Å²) in [5, 5.41) is 12.4. The highest BCUT2D eigenvalue weighted by molar-refractivity contribution is 6.02. The summed E-state index contributed by atoms with van der Waals surface area (Å²) in [6, 6.07) is 16.9. The molecule has 4 rings (SSSR count). The fourth-order valence-corrected chi connectivity index (χ4v) is 3.76. The molecule has 186 valence electrons. The Balaban J connectivity index is 1.91. The van der Waals surface area contributed by atoms with Gasteiger partial charge in [-0.05, 0) is 35.9 Å². The number of halogens is 3. The molecule has 1 heterocycles. The molecule has 0 amide bonds. The average Bonchev–Trinajstić information content (AvgIpc) is 2.84. The van der Waals surface area contributed by atoms with E-state index in [1.807, 2.05) is 37.2 Å². The molecule has 8 nitrogen and oxygen atoms in total. The summed E-state index contributed by atoms with van der Waals surface area (Å²) in [4.78, 5) is 23.6. The van der Waals surface area contributed by atoms with Crippen LogP contribution < -0.4 is 14.8 Å². The average molecular weight is 500 g/mol. The molecule has 0 saturated heterocycles. The van der Waals surface area contributed by atoms with Gasteiger partial charge in [0.05, 0.1) is 11.0 Å². The number of nitrogens with zero attached hydrogens (tertiary/aromatic N) is 3. The lowest BCUT2D eigenvalue weighted by atomic mass is 9.93. The van der Waals surface area contributed by atoms with Crippen molar-refractivity contribution in [3.63, 3.8) is 0 Å². The van der Waals surface area contributed by atoms with Crippen molar-refractivity contribution in [2.24, 2.45) is 0 Å². The molecule has 2 aliphatic rings. The first-order valence-electron chi connectivity index (χ1n) is 10.7. The standard InChI is InChI=1S/C25H21F3N3O5/c1-29(2)17-8-10-19-21(12-17)36-22-13-18(30(3)14-35-24(32)25(26,27)28)9-11-20(22)23(19)15-4-6-16(7-5-15)31(33)34/h4-13H,14H2,1-3H3/q+1. The Labute approximate surface area is 202 Å². The van der Waals surface area contributed by atoms with Gasteiger partial charge in [0, 0.05) is 60.6 Å². The highest BCUT2D eigenvalue weighted by Gasteiger charge is 2.41. The second-order valence-corrected chi connectivity index (χ2v) is 8.29. The Hall–Kier alpha value is -4.41. The lowest BCUT2D eigenvalue weighted by Crippen LogP contribution is -2.33. The molecule has 11 heteroatoms. The molecule has 0 radical (unpaired) electrons. The molecule has 1 aliphatic carbocycles. The summed E-state index contributed by atoms with van der Waals surface area (Å²) in [5.74, 6) is -1.85. The predicted molar refractivity (Wildman–Crippen MR) is 127 cm³/mol. The van der Waals surface area contributed by atoms with E-state index in [-0.39, 0.29) is 5.69 Å². The lowest BCUT2D eigenvalue weighted by molar-refractivity contribution is -0.384. The molecule has 0 saturated carbocycles. The Bertz CT molecular complexity index is 1510.